The van der Waals surface area contributed by atoms with Gasteiger partial charge in [0.2, 0.25) is 20.0 Å². The highest BCUT2D eigenvalue weighted by molar-refractivity contribution is 7.89. The number of carbonyl (C=O) groups excluding carboxylic acids is 2. The SMILES string of the molecule is CCN(CC)S(=O)(=O)c1ccc(OC)c(NC(=O)c2ccccc2Oc2ccccc2)c1.CN(C)S(=O)(=O)c1cccc(NC(=O)c2ccccc2Oc2ccccc2)c1. The summed E-state index contributed by atoms with van der Waals surface area (Å²) in [5.74, 6) is 1.49. The Kier molecular flexibility index (Phi) is 15.2. The molecule has 0 aromatic heterocycles. The van der Waals surface area contributed by atoms with Crippen LogP contribution in [0.15, 0.2) is 161 Å². The molecular formula is C45H46N4O9S2. The second-order valence-corrected chi connectivity index (χ2v) is 17.1. The van der Waals surface area contributed by atoms with Gasteiger partial charge in [-0.15, -0.1) is 0 Å². The van der Waals surface area contributed by atoms with Gasteiger partial charge in [-0.05, 0) is 84.9 Å². The highest BCUT2D eigenvalue weighted by Crippen LogP contribution is 2.32. The molecule has 6 rings (SSSR count). The number of nitrogens with one attached hydrogen (secondary N) is 2. The largest absolute Gasteiger partial charge is 0.495 e. The molecule has 6 aromatic carbocycles. The average Bonchev–Trinajstić information content (AvgIpc) is 3.25. The van der Waals surface area contributed by atoms with Gasteiger partial charge in [0.05, 0.1) is 33.7 Å². The Morgan fingerprint density at radius 1 is 0.533 bits per heavy atom. The molecule has 0 radical (unpaired) electrons. The second-order valence-electron chi connectivity index (χ2n) is 13.0. The first-order chi connectivity index (χ1) is 28.8. The molecule has 2 N–H and O–H groups in total. The standard InChI is InChI=1S/C24H26N2O5S.C21H20N2O4S/c1-4-26(5-2)32(28,29)19-15-16-23(30-3)21(17-19)25-24(27)20-13-9-10-14-22(20)31-18-11-7-6-8-12-18;1-23(2)28(25,26)18-12-8-9-16(15-18)22-21(24)19-13-6-7-14-20(19)27-17-10-4-3-5-11-17/h6-17H,4-5H2,1-3H3,(H,25,27);3-15H,1-2H3,(H,22,24). The van der Waals surface area contributed by atoms with Crippen LogP contribution in [0.2, 0.25) is 0 Å². The smallest absolute Gasteiger partial charge is 0.259 e. The number of amides is 2. The molecular weight excluding hydrogens is 805 g/mol. The van der Waals surface area contributed by atoms with E-state index in [4.69, 9.17) is 14.2 Å². The number of anilines is 2. The van der Waals surface area contributed by atoms with Crippen LogP contribution < -0.4 is 24.8 Å². The van der Waals surface area contributed by atoms with Crippen LogP contribution in [0.25, 0.3) is 0 Å². The molecule has 0 heterocycles. The van der Waals surface area contributed by atoms with Crippen molar-refractivity contribution < 1.29 is 40.6 Å². The van der Waals surface area contributed by atoms with Gasteiger partial charge < -0.3 is 24.8 Å². The predicted octanol–water partition coefficient (Wildman–Crippen LogP) is 8.75. The van der Waals surface area contributed by atoms with Crippen molar-refractivity contribution in [1.82, 2.24) is 8.61 Å². The number of rotatable bonds is 15. The second kappa shape index (κ2) is 20.4. The molecule has 0 aliphatic rings. The van der Waals surface area contributed by atoms with E-state index < -0.39 is 31.9 Å². The lowest BCUT2D eigenvalue weighted by Gasteiger charge is -2.20. The molecule has 0 aliphatic carbocycles. The lowest BCUT2D eigenvalue weighted by Crippen LogP contribution is -2.30. The van der Waals surface area contributed by atoms with Gasteiger partial charge in [-0.25, -0.2) is 21.1 Å². The zero-order chi connectivity index (χ0) is 43.3. The number of nitrogens with zero attached hydrogens (tertiary/aromatic N) is 2. The van der Waals surface area contributed by atoms with E-state index in [2.05, 4.69) is 10.6 Å². The van der Waals surface area contributed by atoms with E-state index in [0.717, 1.165) is 4.31 Å². The number of sulfonamides is 2. The van der Waals surface area contributed by atoms with Crippen LogP contribution in [0.1, 0.15) is 34.6 Å². The number of hydrogen-bond acceptors (Lipinski definition) is 9. The zero-order valence-corrected chi connectivity index (χ0v) is 35.4. The van der Waals surface area contributed by atoms with E-state index in [9.17, 15) is 26.4 Å². The molecule has 13 nitrogen and oxygen atoms in total. The quantitative estimate of drug-likeness (QED) is 0.103. The van der Waals surface area contributed by atoms with Gasteiger partial charge >= 0.3 is 0 Å². The summed E-state index contributed by atoms with van der Waals surface area (Å²) in [4.78, 5) is 26.0. The molecule has 15 heteroatoms. The van der Waals surface area contributed by atoms with E-state index >= 15 is 0 Å². The minimum absolute atomic E-state index is 0.0751. The molecule has 0 saturated carbocycles. The van der Waals surface area contributed by atoms with Crippen LogP contribution in [0.3, 0.4) is 0 Å². The Hall–Kier alpha value is -6.52. The summed E-state index contributed by atoms with van der Waals surface area (Å²) < 4.78 is 69.9. The topological polar surface area (TPSA) is 161 Å². The molecule has 0 fully saturated rings. The van der Waals surface area contributed by atoms with Crippen LogP contribution in [-0.2, 0) is 20.0 Å². The maximum Gasteiger partial charge on any atom is 0.259 e. The maximum absolute atomic E-state index is 13.1. The summed E-state index contributed by atoms with van der Waals surface area (Å²) >= 11 is 0. The fourth-order valence-corrected chi connectivity index (χ4v) is 8.14. The number of benzene rings is 6. The van der Waals surface area contributed by atoms with Gasteiger partial charge in [0, 0.05) is 32.9 Å². The average molecular weight is 851 g/mol. The van der Waals surface area contributed by atoms with Gasteiger partial charge in [-0.3, -0.25) is 9.59 Å². The van der Waals surface area contributed by atoms with Gasteiger partial charge in [0.25, 0.3) is 11.8 Å². The summed E-state index contributed by atoms with van der Waals surface area (Å²) in [5, 5.41) is 5.50. The highest BCUT2D eigenvalue weighted by atomic mass is 32.2. The van der Waals surface area contributed by atoms with Crippen LogP contribution >= 0.6 is 0 Å². The van der Waals surface area contributed by atoms with E-state index in [0.29, 0.717) is 58.7 Å². The summed E-state index contributed by atoms with van der Waals surface area (Å²) in [7, 11) is -2.92. The van der Waals surface area contributed by atoms with Crippen molar-refractivity contribution in [3.63, 3.8) is 0 Å². The molecule has 0 spiro atoms. The molecule has 0 saturated heterocycles. The summed E-state index contributed by atoms with van der Waals surface area (Å²) in [6.07, 6.45) is 0. The molecule has 0 unspecified atom stereocenters. The van der Waals surface area contributed by atoms with Gasteiger partial charge in [-0.2, -0.15) is 4.31 Å². The first-order valence-electron chi connectivity index (χ1n) is 18.8. The molecule has 2 amide bonds. The minimum atomic E-state index is -3.70. The molecule has 6 aromatic rings. The van der Waals surface area contributed by atoms with Gasteiger partial charge in [0.1, 0.15) is 28.7 Å². The number of hydrogen-bond donors (Lipinski definition) is 2. The third kappa shape index (κ3) is 11.1. The molecule has 0 aliphatic heterocycles. The van der Waals surface area contributed by atoms with Gasteiger partial charge in [0.15, 0.2) is 0 Å². The predicted molar refractivity (Wildman–Crippen MR) is 232 cm³/mol. The molecule has 0 atom stereocenters. The Balaban J connectivity index is 0.000000230. The van der Waals surface area contributed by atoms with E-state index in [-0.39, 0.29) is 15.5 Å². The van der Waals surface area contributed by atoms with Crippen molar-refractivity contribution in [2.24, 2.45) is 0 Å². The van der Waals surface area contributed by atoms with Crippen LogP contribution in [0, 0.1) is 0 Å². The summed E-state index contributed by atoms with van der Waals surface area (Å²) in [6.45, 7) is 4.24. The molecule has 312 valence electrons. The van der Waals surface area contributed by atoms with E-state index in [1.165, 1.54) is 55.8 Å². The third-order valence-corrected chi connectivity index (χ3v) is 12.7. The lowest BCUT2D eigenvalue weighted by atomic mass is 10.1. The number of para-hydroxylation sites is 4. The monoisotopic (exact) mass is 850 g/mol. The van der Waals surface area contributed by atoms with Gasteiger partial charge in [-0.1, -0.05) is 80.6 Å². The molecule has 0 bridgehead atoms. The van der Waals surface area contributed by atoms with Crippen molar-refractivity contribution in [3.05, 3.63) is 163 Å². The zero-order valence-electron chi connectivity index (χ0n) is 33.7. The fraction of sp³-hybridized carbons (Fsp3) is 0.156. The van der Waals surface area contributed by atoms with E-state index in [1.54, 1.807) is 98.8 Å². The normalized spacial score (nSPS) is 11.2. The maximum atomic E-state index is 13.1. The van der Waals surface area contributed by atoms with Crippen molar-refractivity contribution >= 4 is 43.2 Å². The minimum Gasteiger partial charge on any atom is -0.495 e. The van der Waals surface area contributed by atoms with Crippen molar-refractivity contribution in [1.29, 1.82) is 0 Å². The number of methoxy groups -OCH3 is 1. The van der Waals surface area contributed by atoms with Crippen molar-refractivity contribution in [2.75, 3.05) is 44.9 Å². The fourth-order valence-electron chi connectivity index (χ4n) is 5.71. The van der Waals surface area contributed by atoms with Crippen LogP contribution in [0.4, 0.5) is 11.4 Å². The van der Waals surface area contributed by atoms with Crippen molar-refractivity contribution in [3.8, 4) is 28.7 Å². The Morgan fingerprint density at radius 3 is 1.52 bits per heavy atom. The number of carbonyl (C=O) groups is 2. The Bertz CT molecular complexity index is 2620. The third-order valence-electron chi connectivity index (χ3n) is 8.84. The first kappa shape index (κ1) is 44.6. The number of ether oxygens (including phenoxy) is 3. The first-order valence-corrected chi connectivity index (χ1v) is 21.6. The summed E-state index contributed by atoms with van der Waals surface area (Å²) in [5.41, 5.74) is 1.27. The summed E-state index contributed by atoms with van der Waals surface area (Å²) in [6, 6.07) is 42.5. The van der Waals surface area contributed by atoms with Crippen LogP contribution in [0.5, 0.6) is 28.7 Å². The van der Waals surface area contributed by atoms with E-state index in [1.807, 2.05) is 36.4 Å². The highest BCUT2D eigenvalue weighted by Gasteiger charge is 2.24. The lowest BCUT2D eigenvalue weighted by molar-refractivity contribution is 0.101. The van der Waals surface area contributed by atoms with Crippen molar-refractivity contribution in [2.45, 2.75) is 23.6 Å². The van der Waals surface area contributed by atoms with Crippen LogP contribution in [-0.4, -0.2) is 71.6 Å². The Morgan fingerprint density at radius 2 is 1.02 bits per heavy atom. The Labute approximate surface area is 351 Å². The molecule has 60 heavy (non-hydrogen) atoms.